The second kappa shape index (κ2) is 2.98. The molecule has 0 aromatic carbocycles. The molecule has 1 saturated heterocycles. The molecule has 0 spiro atoms. The number of hydroxylamine groups is 2. The van der Waals surface area contributed by atoms with Crippen LogP contribution in [0.2, 0.25) is 0 Å². The lowest BCUT2D eigenvalue weighted by Crippen LogP contribution is -2.39. The number of hydrogen-bond donors (Lipinski definition) is 1. The Balaban J connectivity index is 2.50. The molecule has 58 valence electrons. The Morgan fingerprint density at radius 3 is 3.00 bits per heavy atom. The molecule has 1 fully saturated rings. The molecule has 4 heteroatoms. The van der Waals surface area contributed by atoms with E-state index in [1.807, 2.05) is 6.92 Å². The van der Waals surface area contributed by atoms with Crippen molar-refractivity contribution in [3.05, 3.63) is 0 Å². The van der Waals surface area contributed by atoms with Gasteiger partial charge in [-0.05, 0) is 6.42 Å². The molecule has 1 amide bonds. The molecule has 4 nitrogen and oxygen atoms in total. The van der Waals surface area contributed by atoms with E-state index in [-0.39, 0.29) is 11.9 Å². The summed E-state index contributed by atoms with van der Waals surface area (Å²) in [5.74, 6) is -0.292. The highest BCUT2D eigenvalue weighted by atomic mass is 16.7. The second-order valence-corrected chi connectivity index (χ2v) is 2.27. The fraction of sp³-hybridized carbons (Fsp3) is 0.833. The molecular weight excluding hydrogens is 132 g/mol. The van der Waals surface area contributed by atoms with Crippen molar-refractivity contribution in [1.82, 2.24) is 5.06 Å². The molecular formula is C6H12N2O2. The van der Waals surface area contributed by atoms with Crippen molar-refractivity contribution in [2.75, 3.05) is 13.2 Å². The summed E-state index contributed by atoms with van der Waals surface area (Å²) in [6, 6.07) is -0.204. The zero-order chi connectivity index (χ0) is 7.56. The zero-order valence-corrected chi connectivity index (χ0v) is 6.04. The van der Waals surface area contributed by atoms with Gasteiger partial charge in [0, 0.05) is 6.54 Å². The topological polar surface area (TPSA) is 55.6 Å². The van der Waals surface area contributed by atoms with Crippen molar-refractivity contribution in [3.8, 4) is 0 Å². The van der Waals surface area contributed by atoms with Crippen LogP contribution in [0.15, 0.2) is 0 Å². The van der Waals surface area contributed by atoms with E-state index < -0.39 is 0 Å². The molecule has 1 rings (SSSR count). The average Bonchev–Trinajstić information content (AvgIpc) is 2.33. The molecule has 1 heterocycles. The zero-order valence-electron chi connectivity index (χ0n) is 6.04. The first-order valence-electron chi connectivity index (χ1n) is 3.44. The van der Waals surface area contributed by atoms with Crippen LogP contribution in [-0.2, 0) is 9.63 Å². The van der Waals surface area contributed by atoms with Gasteiger partial charge >= 0.3 is 0 Å². The standard InChI is InChI=1S/C6H12N2O2/c1-2-8-5(6(7)9)3-4-10-8/h5H,2-4H2,1H3,(H2,7,9)/t5-/m0/s1. The summed E-state index contributed by atoms with van der Waals surface area (Å²) in [6.07, 6.45) is 0.725. The first kappa shape index (κ1) is 7.50. The van der Waals surface area contributed by atoms with Crippen LogP contribution < -0.4 is 5.73 Å². The Morgan fingerprint density at radius 1 is 1.90 bits per heavy atom. The number of primary amides is 1. The van der Waals surface area contributed by atoms with Crippen LogP contribution in [-0.4, -0.2) is 30.2 Å². The van der Waals surface area contributed by atoms with E-state index in [1.54, 1.807) is 5.06 Å². The maximum Gasteiger partial charge on any atom is 0.237 e. The number of likely N-dealkylation sites (N-methyl/N-ethyl adjacent to an activating group) is 1. The molecule has 0 saturated carbocycles. The van der Waals surface area contributed by atoms with Crippen molar-refractivity contribution >= 4 is 5.91 Å². The Labute approximate surface area is 59.9 Å². The molecule has 0 aliphatic carbocycles. The van der Waals surface area contributed by atoms with E-state index in [0.29, 0.717) is 13.2 Å². The van der Waals surface area contributed by atoms with Gasteiger partial charge in [0.25, 0.3) is 0 Å². The number of nitrogens with two attached hydrogens (primary N) is 1. The van der Waals surface area contributed by atoms with Gasteiger partial charge in [-0.3, -0.25) is 9.63 Å². The molecule has 1 atom stereocenters. The van der Waals surface area contributed by atoms with Crippen LogP contribution in [0.25, 0.3) is 0 Å². The van der Waals surface area contributed by atoms with E-state index in [1.165, 1.54) is 0 Å². The summed E-state index contributed by atoms with van der Waals surface area (Å²) >= 11 is 0. The van der Waals surface area contributed by atoms with Gasteiger partial charge in [0.2, 0.25) is 5.91 Å². The first-order chi connectivity index (χ1) is 4.75. The first-order valence-corrected chi connectivity index (χ1v) is 3.44. The molecule has 1 aliphatic heterocycles. The molecule has 0 aromatic rings. The normalized spacial score (nSPS) is 27.1. The van der Waals surface area contributed by atoms with E-state index in [0.717, 1.165) is 6.42 Å². The quantitative estimate of drug-likeness (QED) is 0.568. The van der Waals surface area contributed by atoms with Crippen LogP contribution in [0.3, 0.4) is 0 Å². The SMILES string of the molecule is CCN1OCC[C@H]1C(N)=O. The molecule has 1 aliphatic rings. The fourth-order valence-electron chi connectivity index (χ4n) is 1.11. The van der Waals surface area contributed by atoms with Gasteiger partial charge in [-0.15, -0.1) is 0 Å². The monoisotopic (exact) mass is 144 g/mol. The second-order valence-electron chi connectivity index (χ2n) is 2.27. The summed E-state index contributed by atoms with van der Waals surface area (Å²) in [5, 5.41) is 1.63. The maximum atomic E-state index is 10.7. The molecule has 2 N–H and O–H groups in total. The van der Waals surface area contributed by atoms with Gasteiger partial charge in [-0.2, -0.15) is 5.06 Å². The van der Waals surface area contributed by atoms with E-state index in [2.05, 4.69) is 0 Å². The minimum atomic E-state index is -0.292. The van der Waals surface area contributed by atoms with Crippen molar-refractivity contribution in [2.45, 2.75) is 19.4 Å². The summed E-state index contributed by atoms with van der Waals surface area (Å²) in [6.45, 7) is 3.26. The number of carbonyl (C=O) groups is 1. The smallest absolute Gasteiger partial charge is 0.237 e. The molecule has 0 aromatic heterocycles. The lowest BCUT2D eigenvalue weighted by atomic mass is 10.2. The lowest BCUT2D eigenvalue weighted by Gasteiger charge is -2.16. The Morgan fingerprint density at radius 2 is 2.60 bits per heavy atom. The summed E-state index contributed by atoms with van der Waals surface area (Å²) in [7, 11) is 0. The fourth-order valence-corrected chi connectivity index (χ4v) is 1.11. The molecule has 0 unspecified atom stereocenters. The third-order valence-corrected chi connectivity index (χ3v) is 1.64. The third kappa shape index (κ3) is 1.27. The summed E-state index contributed by atoms with van der Waals surface area (Å²) in [5.41, 5.74) is 5.10. The van der Waals surface area contributed by atoms with Crippen LogP contribution in [0.1, 0.15) is 13.3 Å². The highest BCUT2D eigenvalue weighted by Gasteiger charge is 2.28. The maximum absolute atomic E-state index is 10.7. The van der Waals surface area contributed by atoms with Crippen molar-refractivity contribution in [2.24, 2.45) is 5.73 Å². The van der Waals surface area contributed by atoms with Gasteiger partial charge in [0.05, 0.1) is 6.61 Å². The van der Waals surface area contributed by atoms with Crippen LogP contribution >= 0.6 is 0 Å². The lowest BCUT2D eigenvalue weighted by molar-refractivity contribution is -0.148. The van der Waals surface area contributed by atoms with Gasteiger partial charge in [0.15, 0.2) is 0 Å². The van der Waals surface area contributed by atoms with Crippen LogP contribution in [0.5, 0.6) is 0 Å². The minimum Gasteiger partial charge on any atom is -0.368 e. The number of nitrogens with zero attached hydrogens (tertiary/aromatic N) is 1. The predicted octanol–water partition coefficient (Wildman–Crippen LogP) is -0.503. The number of hydrogen-bond acceptors (Lipinski definition) is 3. The van der Waals surface area contributed by atoms with Crippen LogP contribution in [0.4, 0.5) is 0 Å². The van der Waals surface area contributed by atoms with Gasteiger partial charge in [-0.1, -0.05) is 6.92 Å². The summed E-state index contributed by atoms with van der Waals surface area (Å²) in [4.78, 5) is 15.8. The minimum absolute atomic E-state index is 0.204. The molecule has 10 heavy (non-hydrogen) atoms. The van der Waals surface area contributed by atoms with Crippen molar-refractivity contribution in [1.29, 1.82) is 0 Å². The largest absolute Gasteiger partial charge is 0.368 e. The third-order valence-electron chi connectivity index (χ3n) is 1.64. The van der Waals surface area contributed by atoms with Gasteiger partial charge < -0.3 is 5.73 Å². The van der Waals surface area contributed by atoms with E-state index in [9.17, 15) is 4.79 Å². The van der Waals surface area contributed by atoms with E-state index >= 15 is 0 Å². The Bertz CT molecular complexity index is 138. The highest BCUT2D eigenvalue weighted by Crippen LogP contribution is 2.12. The van der Waals surface area contributed by atoms with E-state index in [4.69, 9.17) is 10.6 Å². The van der Waals surface area contributed by atoms with Gasteiger partial charge in [0.1, 0.15) is 6.04 Å². The molecule has 0 bridgehead atoms. The predicted molar refractivity (Wildman–Crippen MR) is 35.9 cm³/mol. The Kier molecular flexibility index (Phi) is 2.24. The van der Waals surface area contributed by atoms with Gasteiger partial charge in [-0.25, -0.2) is 0 Å². The summed E-state index contributed by atoms with van der Waals surface area (Å²) < 4.78 is 0. The number of rotatable bonds is 2. The van der Waals surface area contributed by atoms with Crippen molar-refractivity contribution in [3.63, 3.8) is 0 Å². The molecule has 0 radical (unpaired) electrons. The van der Waals surface area contributed by atoms with Crippen molar-refractivity contribution < 1.29 is 9.63 Å². The average molecular weight is 144 g/mol. The number of amides is 1. The highest BCUT2D eigenvalue weighted by molar-refractivity contribution is 5.79. The Hall–Kier alpha value is -0.610. The van der Waals surface area contributed by atoms with Crippen LogP contribution in [0, 0.1) is 0 Å². The number of carbonyl (C=O) groups excluding carboxylic acids is 1.